The molecule has 0 unspecified atom stereocenters. The molecule has 1 aliphatic rings. The van der Waals surface area contributed by atoms with Crippen LogP contribution in [0.2, 0.25) is 5.02 Å². The molecular formula is C24H23ClN2O3. The zero-order valence-corrected chi connectivity index (χ0v) is 17.6. The minimum atomic E-state index is -0.353. The van der Waals surface area contributed by atoms with Crippen molar-refractivity contribution in [2.24, 2.45) is 0 Å². The predicted molar refractivity (Wildman–Crippen MR) is 118 cm³/mol. The van der Waals surface area contributed by atoms with Gasteiger partial charge in [-0.05, 0) is 73.7 Å². The molecule has 1 N–H and O–H groups in total. The van der Waals surface area contributed by atoms with E-state index in [4.69, 9.17) is 21.3 Å². The van der Waals surface area contributed by atoms with Crippen LogP contribution in [0.4, 0.5) is 5.69 Å². The van der Waals surface area contributed by atoms with Gasteiger partial charge in [0.1, 0.15) is 0 Å². The fourth-order valence-electron chi connectivity index (χ4n) is 3.77. The van der Waals surface area contributed by atoms with Gasteiger partial charge in [-0.2, -0.15) is 0 Å². The summed E-state index contributed by atoms with van der Waals surface area (Å²) in [5, 5.41) is 4.29. The topological polar surface area (TPSA) is 68.3 Å². The number of hydrogen-bond acceptors (Lipinski definition) is 4. The van der Waals surface area contributed by atoms with Crippen molar-refractivity contribution in [2.45, 2.75) is 39.0 Å². The van der Waals surface area contributed by atoms with Crippen molar-refractivity contribution in [1.82, 2.24) is 4.98 Å². The summed E-state index contributed by atoms with van der Waals surface area (Å²) in [6.07, 6.45) is 4.51. The van der Waals surface area contributed by atoms with Gasteiger partial charge < -0.3 is 10.1 Å². The molecule has 1 amide bonds. The molecule has 1 aromatic heterocycles. The first kappa shape index (κ1) is 20.4. The number of pyridine rings is 1. The van der Waals surface area contributed by atoms with Gasteiger partial charge in [-0.15, -0.1) is 0 Å². The van der Waals surface area contributed by atoms with Crippen molar-refractivity contribution >= 4 is 40.1 Å². The van der Waals surface area contributed by atoms with Gasteiger partial charge >= 0.3 is 5.97 Å². The third-order valence-electron chi connectivity index (χ3n) is 5.31. The number of halogens is 1. The fraction of sp³-hybridized carbons (Fsp3) is 0.292. The first-order valence-corrected chi connectivity index (χ1v) is 10.6. The number of aromatic nitrogens is 1. The van der Waals surface area contributed by atoms with Crippen molar-refractivity contribution < 1.29 is 14.3 Å². The van der Waals surface area contributed by atoms with Crippen LogP contribution in [0.1, 0.15) is 58.2 Å². The van der Waals surface area contributed by atoms with Gasteiger partial charge in [0, 0.05) is 21.8 Å². The average Bonchev–Trinajstić information content (AvgIpc) is 3.20. The smallest absolute Gasteiger partial charge is 0.338 e. The third kappa shape index (κ3) is 4.17. The van der Waals surface area contributed by atoms with Gasteiger partial charge in [-0.1, -0.05) is 24.9 Å². The van der Waals surface area contributed by atoms with E-state index in [1.807, 2.05) is 13.0 Å². The summed E-state index contributed by atoms with van der Waals surface area (Å²) in [6, 6.07) is 12.2. The second kappa shape index (κ2) is 8.84. The van der Waals surface area contributed by atoms with Gasteiger partial charge in [-0.3, -0.25) is 9.78 Å². The third-order valence-corrected chi connectivity index (χ3v) is 5.55. The number of nitrogens with zero attached hydrogens (tertiary/aromatic N) is 1. The summed E-state index contributed by atoms with van der Waals surface area (Å²) in [5.74, 6) is -0.546. The Kier molecular flexibility index (Phi) is 6.00. The minimum Gasteiger partial charge on any atom is -0.462 e. The standard InChI is InChI=1S/C24H23ClN2O3/c1-2-3-13-30-24(29)15-7-10-17(11-8-15)26-23(28)22-18-5-4-6-20(18)27-21-12-9-16(25)14-19(21)22/h7-12,14H,2-6,13H2,1H3,(H,26,28). The second-order valence-corrected chi connectivity index (χ2v) is 7.88. The molecule has 1 heterocycles. The number of fused-ring (bicyclic) bond motifs is 2. The van der Waals surface area contributed by atoms with E-state index < -0.39 is 0 Å². The Bertz CT molecular complexity index is 1110. The normalized spacial score (nSPS) is 12.6. The highest BCUT2D eigenvalue weighted by Gasteiger charge is 2.24. The molecule has 30 heavy (non-hydrogen) atoms. The highest BCUT2D eigenvalue weighted by atomic mass is 35.5. The van der Waals surface area contributed by atoms with Crippen LogP contribution in [0.5, 0.6) is 0 Å². The molecule has 4 rings (SSSR count). The molecule has 0 radical (unpaired) electrons. The number of carbonyl (C=O) groups excluding carboxylic acids is 2. The molecule has 154 valence electrons. The molecule has 0 saturated carbocycles. The largest absolute Gasteiger partial charge is 0.462 e. The van der Waals surface area contributed by atoms with E-state index in [2.05, 4.69) is 5.32 Å². The lowest BCUT2D eigenvalue weighted by molar-refractivity contribution is 0.0499. The number of hydrogen-bond donors (Lipinski definition) is 1. The lowest BCUT2D eigenvalue weighted by atomic mass is 10.0. The van der Waals surface area contributed by atoms with Crippen LogP contribution >= 0.6 is 11.6 Å². The Hall–Kier alpha value is -2.92. The highest BCUT2D eigenvalue weighted by molar-refractivity contribution is 6.31. The molecular weight excluding hydrogens is 400 g/mol. The summed E-state index contributed by atoms with van der Waals surface area (Å²) in [4.78, 5) is 30.0. The van der Waals surface area contributed by atoms with Crippen molar-refractivity contribution in [3.63, 3.8) is 0 Å². The summed E-state index contributed by atoms with van der Waals surface area (Å²) in [5.41, 5.74) is 4.47. The Morgan fingerprint density at radius 1 is 1.13 bits per heavy atom. The number of nitrogens with one attached hydrogen (secondary N) is 1. The Morgan fingerprint density at radius 2 is 1.93 bits per heavy atom. The number of ether oxygens (including phenoxy) is 1. The van der Waals surface area contributed by atoms with Crippen molar-refractivity contribution in [2.75, 3.05) is 11.9 Å². The lowest BCUT2D eigenvalue weighted by Crippen LogP contribution is -2.16. The van der Waals surface area contributed by atoms with Gasteiger partial charge in [-0.25, -0.2) is 4.79 Å². The van der Waals surface area contributed by atoms with E-state index in [1.165, 1.54) is 0 Å². The van der Waals surface area contributed by atoms with Gasteiger partial charge in [0.05, 0.1) is 23.3 Å². The lowest BCUT2D eigenvalue weighted by Gasteiger charge is -2.13. The van der Waals surface area contributed by atoms with Crippen molar-refractivity contribution in [3.8, 4) is 0 Å². The number of rotatable bonds is 6. The second-order valence-electron chi connectivity index (χ2n) is 7.45. The van der Waals surface area contributed by atoms with E-state index in [1.54, 1.807) is 36.4 Å². The first-order valence-electron chi connectivity index (χ1n) is 10.3. The molecule has 0 saturated heterocycles. The summed E-state index contributed by atoms with van der Waals surface area (Å²) in [6.45, 7) is 2.46. The number of amides is 1. The SMILES string of the molecule is CCCCOC(=O)c1ccc(NC(=O)c2c3c(nc4ccc(Cl)cc24)CCC3)cc1. The van der Waals surface area contributed by atoms with Gasteiger partial charge in [0.15, 0.2) is 0 Å². The van der Waals surface area contributed by atoms with E-state index in [9.17, 15) is 9.59 Å². The Labute approximate surface area is 180 Å². The van der Waals surface area contributed by atoms with Crippen LogP contribution < -0.4 is 5.32 Å². The number of benzene rings is 2. The Balaban J connectivity index is 1.58. The van der Waals surface area contributed by atoms with Gasteiger partial charge in [0.2, 0.25) is 0 Å². The predicted octanol–water partition coefficient (Wildman–Crippen LogP) is 5.59. The molecule has 1 aliphatic carbocycles. The molecule has 0 bridgehead atoms. The zero-order chi connectivity index (χ0) is 21.1. The first-order chi connectivity index (χ1) is 14.6. The maximum atomic E-state index is 13.2. The molecule has 0 aliphatic heterocycles. The maximum absolute atomic E-state index is 13.2. The number of anilines is 1. The minimum absolute atomic E-state index is 0.193. The summed E-state index contributed by atoms with van der Waals surface area (Å²) < 4.78 is 5.22. The van der Waals surface area contributed by atoms with E-state index in [-0.39, 0.29) is 11.9 Å². The van der Waals surface area contributed by atoms with Crippen LogP contribution in [-0.2, 0) is 17.6 Å². The number of unbranched alkanes of at least 4 members (excludes halogenated alkanes) is 1. The molecule has 0 fully saturated rings. The molecule has 0 atom stereocenters. The zero-order valence-electron chi connectivity index (χ0n) is 16.8. The van der Waals surface area contributed by atoms with E-state index >= 15 is 0 Å². The molecule has 5 nitrogen and oxygen atoms in total. The summed E-state index contributed by atoms with van der Waals surface area (Å²) in [7, 11) is 0. The maximum Gasteiger partial charge on any atom is 0.338 e. The van der Waals surface area contributed by atoms with Gasteiger partial charge in [0.25, 0.3) is 5.91 Å². The number of esters is 1. The molecule has 2 aromatic carbocycles. The Morgan fingerprint density at radius 3 is 2.70 bits per heavy atom. The molecule has 3 aromatic rings. The van der Waals surface area contributed by atoms with E-state index in [0.29, 0.717) is 28.4 Å². The number of aryl methyl sites for hydroxylation is 1. The quantitative estimate of drug-likeness (QED) is 0.415. The van der Waals surface area contributed by atoms with Crippen LogP contribution in [-0.4, -0.2) is 23.5 Å². The number of carbonyl (C=O) groups is 2. The van der Waals surface area contributed by atoms with E-state index in [0.717, 1.165) is 54.3 Å². The van der Waals surface area contributed by atoms with Crippen molar-refractivity contribution in [1.29, 1.82) is 0 Å². The van der Waals surface area contributed by atoms with Crippen LogP contribution in [0.3, 0.4) is 0 Å². The van der Waals surface area contributed by atoms with Crippen LogP contribution in [0.15, 0.2) is 42.5 Å². The average molecular weight is 423 g/mol. The van der Waals surface area contributed by atoms with Crippen LogP contribution in [0, 0.1) is 0 Å². The monoisotopic (exact) mass is 422 g/mol. The van der Waals surface area contributed by atoms with Crippen molar-refractivity contribution in [3.05, 3.63) is 69.9 Å². The highest BCUT2D eigenvalue weighted by Crippen LogP contribution is 2.32. The molecule has 6 heteroatoms. The molecule has 0 spiro atoms. The van der Waals surface area contributed by atoms with Crippen LogP contribution in [0.25, 0.3) is 10.9 Å². The fourth-order valence-corrected chi connectivity index (χ4v) is 3.94. The summed E-state index contributed by atoms with van der Waals surface area (Å²) >= 11 is 6.20.